The first kappa shape index (κ1) is 12.5. The van der Waals surface area contributed by atoms with Crippen LogP contribution in [0.2, 0.25) is 0 Å². The van der Waals surface area contributed by atoms with Gasteiger partial charge in [-0.25, -0.2) is 4.52 Å². The smallest absolute Gasteiger partial charge is 0.114 e. The molecule has 18 heavy (non-hydrogen) atoms. The molecule has 0 saturated carbocycles. The molecule has 5 nitrogen and oxygen atoms in total. The van der Waals surface area contributed by atoms with Gasteiger partial charge in [-0.3, -0.25) is 4.98 Å². The van der Waals surface area contributed by atoms with E-state index in [1.54, 1.807) is 16.9 Å². The fraction of sp³-hybridized carbons (Fsp3) is 0.462. The molecule has 2 aromatic heterocycles. The monoisotopic (exact) mass is 244 g/mol. The quantitative estimate of drug-likeness (QED) is 0.871. The predicted molar refractivity (Wildman–Crippen MR) is 67.1 cm³/mol. The third-order valence-electron chi connectivity index (χ3n) is 2.86. The number of aliphatic hydroxyl groups is 1. The Morgan fingerprint density at radius 3 is 2.78 bits per heavy atom. The van der Waals surface area contributed by atoms with Gasteiger partial charge in [-0.05, 0) is 6.07 Å². The van der Waals surface area contributed by atoms with Crippen molar-refractivity contribution in [2.75, 3.05) is 6.61 Å². The Labute approximate surface area is 106 Å². The van der Waals surface area contributed by atoms with Gasteiger partial charge in [-0.15, -0.1) is 0 Å². The molecule has 2 rings (SSSR count). The Kier molecular flexibility index (Phi) is 3.05. The lowest BCUT2D eigenvalue weighted by Crippen LogP contribution is -2.11. The molecule has 94 valence electrons. The Balaban J connectivity index is 2.63. The fourth-order valence-electron chi connectivity index (χ4n) is 1.77. The van der Waals surface area contributed by atoms with Gasteiger partial charge < -0.3 is 5.11 Å². The lowest BCUT2D eigenvalue weighted by Gasteiger charge is -2.13. The van der Waals surface area contributed by atoms with E-state index in [9.17, 15) is 5.11 Å². The molecule has 2 heterocycles. The van der Waals surface area contributed by atoms with Crippen LogP contribution in [-0.2, 0) is 5.41 Å². The van der Waals surface area contributed by atoms with Crippen molar-refractivity contribution in [2.45, 2.75) is 32.1 Å². The number of aromatic nitrogens is 3. The summed E-state index contributed by atoms with van der Waals surface area (Å²) in [5.74, 6) is -0.613. The molecule has 0 amide bonds. The minimum atomic E-state index is -0.613. The normalized spacial score (nSPS) is 13.5. The predicted octanol–water partition coefficient (Wildman–Crippen LogP) is 1.63. The third-order valence-corrected chi connectivity index (χ3v) is 2.86. The molecule has 0 bridgehead atoms. The Hall–Kier alpha value is -1.93. The van der Waals surface area contributed by atoms with E-state index >= 15 is 0 Å². The van der Waals surface area contributed by atoms with Crippen molar-refractivity contribution in [1.82, 2.24) is 14.6 Å². The second-order valence-electron chi connectivity index (χ2n) is 5.29. The summed E-state index contributed by atoms with van der Waals surface area (Å²) in [6.07, 6.45) is 3.35. The highest BCUT2D eigenvalue weighted by Gasteiger charge is 2.21. The molecule has 2 aromatic rings. The number of rotatable bonds is 2. The van der Waals surface area contributed by atoms with Gasteiger partial charge in [0.05, 0.1) is 29.6 Å². The van der Waals surface area contributed by atoms with Crippen LogP contribution < -0.4 is 0 Å². The van der Waals surface area contributed by atoms with E-state index in [1.165, 1.54) is 0 Å². The first-order valence-electron chi connectivity index (χ1n) is 5.82. The van der Waals surface area contributed by atoms with Gasteiger partial charge in [0.25, 0.3) is 0 Å². The van der Waals surface area contributed by atoms with Gasteiger partial charge in [0.2, 0.25) is 0 Å². The van der Waals surface area contributed by atoms with Crippen LogP contribution in [0.25, 0.3) is 5.52 Å². The Morgan fingerprint density at radius 1 is 1.50 bits per heavy atom. The molecular formula is C13H16N4O. The van der Waals surface area contributed by atoms with Crippen LogP contribution in [-0.4, -0.2) is 26.3 Å². The highest BCUT2D eigenvalue weighted by molar-refractivity contribution is 5.55. The second-order valence-corrected chi connectivity index (χ2v) is 5.29. The zero-order valence-corrected chi connectivity index (χ0v) is 10.8. The lowest BCUT2D eigenvalue weighted by molar-refractivity contribution is 0.284. The highest BCUT2D eigenvalue weighted by Crippen LogP contribution is 2.25. The van der Waals surface area contributed by atoms with E-state index in [2.05, 4.69) is 36.9 Å². The summed E-state index contributed by atoms with van der Waals surface area (Å²) < 4.78 is 1.71. The molecule has 0 aliphatic heterocycles. The van der Waals surface area contributed by atoms with Gasteiger partial charge in [-0.1, -0.05) is 20.8 Å². The molecule has 1 N–H and O–H groups in total. The topological polar surface area (TPSA) is 74.2 Å². The summed E-state index contributed by atoms with van der Waals surface area (Å²) in [6.45, 7) is 6.00. The summed E-state index contributed by atoms with van der Waals surface area (Å²) >= 11 is 0. The fourth-order valence-corrected chi connectivity index (χ4v) is 1.77. The van der Waals surface area contributed by atoms with Gasteiger partial charge in [0.1, 0.15) is 5.92 Å². The zero-order valence-electron chi connectivity index (χ0n) is 10.8. The summed E-state index contributed by atoms with van der Waals surface area (Å²) in [5.41, 5.74) is 2.23. The molecule has 0 spiro atoms. The number of hydrogen-bond donors (Lipinski definition) is 1. The lowest BCUT2D eigenvalue weighted by atomic mass is 9.92. The summed E-state index contributed by atoms with van der Waals surface area (Å²) in [7, 11) is 0. The molecule has 1 atom stereocenters. The van der Waals surface area contributed by atoms with Crippen LogP contribution in [0.4, 0.5) is 0 Å². The van der Waals surface area contributed by atoms with E-state index in [0.717, 1.165) is 11.2 Å². The molecule has 0 aliphatic carbocycles. The maximum atomic E-state index is 9.21. The zero-order chi connectivity index (χ0) is 13.3. The molecule has 0 saturated heterocycles. The first-order chi connectivity index (χ1) is 8.47. The van der Waals surface area contributed by atoms with Crippen LogP contribution in [0, 0.1) is 11.3 Å². The van der Waals surface area contributed by atoms with E-state index < -0.39 is 5.92 Å². The van der Waals surface area contributed by atoms with Crippen molar-refractivity contribution < 1.29 is 5.11 Å². The highest BCUT2D eigenvalue weighted by atomic mass is 16.3. The maximum absolute atomic E-state index is 9.21. The van der Waals surface area contributed by atoms with Gasteiger partial charge in [-0.2, -0.15) is 10.4 Å². The average molecular weight is 244 g/mol. The van der Waals surface area contributed by atoms with E-state index in [1.807, 2.05) is 6.07 Å². The number of nitrogens with zero attached hydrogens (tertiary/aromatic N) is 4. The van der Waals surface area contributed by atoms with Crippen LogP contribution in [0.1, 0.15) is 38.1 Å². The van der Waals surface area contributed by atoms with E-state index in [-0.39, 0.29) is 12.0 Å². The minimum Gasteiger partial charge on any atom is -0.395 e. The van der Waals surface area contributed by atoms with Crippen molar-refractivity contribution in [1.29, 1.82) is 5.26 Å². The van der Waals surface area contributed by atoms with Crippen molar-refractivity contribution in [3.63, 3.8) is 0 Å². The van der Waals surface area contributed by atoms with Gasteiger partial charge in [0.15, 0.2) is 0 Å². The van der Waals surface area contributed by atoms with Gasteiger partial charge in [0, 0.05) is 17.8 Å². The van der Waals surface area contributed by atoms with Crippen LogP contribution in [0.5, 0.6) is 0 Å². The van der Waals surface area contributed by atoms with Crippen LogP contribution in [0.15, 0.2) is 18.5 Å². The van der Waals surface area contributed by atoms with Crippen LogP contribution in [0.3, 0.4) is 0 Å². The second kappa shape index (κ2) is 4.39. The molecule has 0 radical (unpaired) electrons. The SMILES string of the molecule is CC(C)(C)c1cc2c(C(C#N)CO)nccn2n1. The number of aliphatic hydroxyl groups excluding tert-OH is 1. The van der Waals surface area contributed by atoms with Gasteiger partial charge >= 0.3 is 0 Å². The molecule has 5 heteroatoms. The third kappa shape index (κ3) is 2.07. The molecule has 0 fully saturated rings. The number of hydrogen-bond acceptors (Lipinski definition) is 4. The van der Waals surface area contributed by atoms with E-state index in [4.69, 9.17) is 5.26 Å². The molecule has 0 aromatic carbocycles. The first-order valence-corrected chi connectivity index (χ1v) is 5.82. The van der Waals surface area contributed by atoms with E-state index in [0.29, 0.717) is 5.69 Å². The minimum absolute atomic E-state index is 0.0648. The largest absolute Gasteiger partial charge is 0.395 e. The number of nitriles is 1. The summed E-state index contributed by atoms with van der Waals surface area (Å²) in [5, 5.41) is 22.7. The standard InChI is InChI=1S/C13H16N4O/c1-13(2,3)11-6-10-12(9(7-14)8-18)15-4-5-17(10)16-11/h4-6,9,18H,8H2,1-3H3. The van der Waals surface area contributed by atoms with Crippen molar-refractivity contribution in [3.8, 4) is 6.07 Å². The Bertz CT molecular complexity index is 603. The molecular weight excluding hydrogens is 228 g/mol. The summed E-state index contributed by atoms with van der Waals surface area (Å²) in [6, 6.07) is 3.99. The van der Waals surface area contributed by atoms with Crippen LogP contribution >= 0.6 is 0 Å². The average Bonchev–Trinajstić information content (AvgIpc) is 2.75. The van der Waals surface area contributed by atoms with Crippen molar-refractivity contribution >= 4 is 5.52 Å². The van der Waals surface area contributed by atoms with Crippen molar-refractivity contribution in [2.24, 2.45) is 0 Å². The number of fused-ring (bicyclic) bond motifs is 1. The maximum Gasteiger partial charge on any atom is 0.114 e. The summed E-state index contributed by atoms with van der Waals surface area (Å²) in [4.78, 5) is 4.20. The Morgan fingerprint density at radius 2 is 2.22 bits per heavy atom. The van der Waals surface area contributed by atoms with Crippen molar-refractivity contribution in [3.05, 3.63) is 29.8 Å². The molecule has 0 aliphatic rings. The molecule has 1 unspecified atom stereocenters.